The van der Waals surface area contributed by atoms with Gasteiger partial charge in [0.25, 0.3) is 0 Å². The van der Waals surface area contributed by atoms with E-state index in [2.05, 4.69) is 17.6 Å². The Labute approximate surface area is 136 Å². The first kappa shape index (κ1) is 14.2. The van der Waals surface area contributed by atoms with Crippen molar-refractivity contribution >= 4 is 5.97 Å². The van der Waals surface area contributed by atoms with Gasteiger partial charge in [-0.05, 0) is 56.3 Å². The van der Waals surface area contributed by atoms with Gasteiger partial charge in [-0.1, -0.05) is 29.7 Å². The molecule has 5 aliphatic rings. The zero-order valence-corrected chi connectivity index (χ0v) is 13.5. The molecule has 0 bridgehead atoms. The Morgan fingerprint density at radius 1 is 1.17 bits per heavy atom. The summed E-state index contributed by atoms with van der Waals surface area (Å²) < 4.78 is 0. The van der Waals surface area contributed by atoms with Gasteiger partial charge in [0.15, 0.2) is 5.60 Å². The Morgan fingerprint density at radius 2 is 2.09 bits per heavy atom. The van der Waals surface area contributed by atoms with Crippen LogP contribution < -0.4 is 5.48 Å². The van der Waals surface area contributed by atoms with Gasteiger partial charge in [-0.15, -0.1) is 0 Å². The van der Waals surface area contributed by atoms with Crippen molar-refractivity contribution in [2.75, 3.05) is 6.54 Å². The molecule has 4 heteroatoms. The summed E-state index contributed by atoms with van der Waals surface area (Å²) in [7, 11) is 0. The smallest absolute Gasteiger partial charge is 0.338 e. The number of carboxylic acid groups (broad SMARTS) is 1. The molecule has 124 valence electrons. The fraction of sp³-hybridized carbons (Fsp3) is 0.737. The SMILES string of the molecule is O=C(O)C12ONCC1CC1C3=CC=C4CCCCC4C3CCC12. The zero-order chi connectivity index (χ0) is 15.6. The molecule has 0 aromatic carbocycles. The summed E-state index contributed by atoms with van der Waals surface area (Å²) in [5.74, 6) is 1.33. The van der Waals surface area contributed by atoms with Crippen molar-refractivity contribution in [2.24, 2.45) is 29.6 Å². The molecule has 0 radical (unpaired) electrons. The van der Waals surface area contributed by atoms with E-state index in [-0.39, 0.29) is 11.8 Å². The van der Waals surface area contributed by atoms with Gasteiger partial charge in [-0.3, -0.25) is 4.84 Å². The maximum atomic E-state index is 12.1. The molecule has 5 rings (SSSR count). The van der Waals surface area contributed by atoms with Crippen molar-refractivity contribution in [3.8, 4) is 0 Å². The number of hydrogen-bond acceptors (Lipinski definition) is 3. The van der Waals surface area contributed by atoms with Crippen molar-refractivity contribution in [3.05, 3.63) is 23.3 Å². The summed E-state index contributed by atoms with van der Waals surface area (Å²) in [5, 5.41) is 9.90. The first-order valence-electron chi connectivity index (χ1n) is 9.26. The summed E-state index contributed by atoms with van der Waals surface area (Å²) in [5.41, 5.74) is 5.12. The fourth-order valence-electron chi connectivity index (χ4n) is 6.48. The normalized spacial score (nSPS) is 47.7. The highest BCUT2D eigenvalue weighted by atomic mass is 16.7. The van der Waals surface area contributed by atoms with Crippen LogP contribution in [0.1, 0.15) is 44.9 Å². The van der Waals surface area contributed by atoms with Gasteiger partial charge in [0.1, 0.15) is 0 Å². The molecule has 4 fully saturated rings. The predicted octanol–water partition coefficient (Wildman–Crippen LogP) is 3.06. The Balaban J connectivity index is 1.52. The molecule has 4 nitrogen and oxygen atoms in total. The maximum absolute atomic E-state index is 12.1. The second-order valence-corrected chi connectivity index (χ2v) is 8.14. The highest BCUT2D eigenvalue weighted by Gasteiger charge is 2.66. The van der Waals surface area contributed by atoms with E-state index in [4.69, 9.17) is 4.84 Å². The van der Waals surface area contributed by atoms with Crippen LogP contribution in [0.4, 0.5) is 0 Å². The third kappa shape index (κ3) is 1.77. The van der Waals surface area contributed by atoms with Gasteiger partial charge in [0.05, 0.1) is 0 Å². The third-order valence-corrected chi connectivity index (χ3v) is 7.41. The van der Waals surface area contributed by atoms with Gasteiger partial charge >= 0.3 is 5.97 Å². The van der Waals surface area contributed by atoms with E-state index in [9.17, 15) is 9.90 Å². The highest BCUT2D eigenvalue weighted by Crippen LogP contribution is 2.60. The van der Waals surface area contributed by atoms with E-state index in [1.807, 2.05) is 0 Å². The molecule has 2 N–H and O–H groups in total. The molecule has 0 spiro atoms. The first-order chi connectivity index (χ1) is 11.2. The van der Waals surface area contributed by atoms with Crippen LogP contribution in [0.15, 0.2) is 23.3 Å². The number of hydroxylamine groups is 1. The highest BCUT2D eigenvalue weighted by molar-refractivity contribution is 5.80. The number of rotatable bonds is 1. The van der Waals surface area contributed by atoms with Crippen LogP contribution >= 0.6 is 0 Å². The Morgan fingerprint density at radius 3 is 2.96 bits per heavy atom. The number of allylic oxidation sites excluding steroid dienone is 4. The molecule has 1 heterocycles. The average Bonchev–Trinajstić information content (AvgIpc) is 3.11. The van der Waals surface area contributed by atoms with Crippen LogP contribution in [-0.4, -0.2) is 23.2 Å². The Bertz CT molecular complexity index is 610. The lowest BCUT2D eigenvalue weighted by molar-refractivity contribution is -0.177. The molecule has 0 aromatic heterocycles. The van der Waals surface area contributed by atoms with Crippen molar-refractivity contribution in [1.29, 1.82) is 0 Å². The zero-order valence-electron chi connectivity index (χ0n) is 13.5. The number of nitrogens with one attached hydrogen (secondary N) is 1. The molecule has 0 amide bonds. The van der Waals surface area contributed by atoms with E-state index in [1.54, 1.807) is 11.1 Å². The topological polar surface area (TPSA) is 58.6 Å². The van der Waals surface area contributed by atoms with Crippen molar-refractivity contribution in [2.45, 2.75) is 50.5 Å². The molecule has 6 unspecified atom stereocenters. The van der Waals surface area contributed by atoms with Gasteiger partial charge < -0.3 is 5.11 Å². The summed E-state index contributed by atoms with van der Waals surface area (Å²) in [4.78, 5) is 17.7. The maximum Gasteiger partial charge on any atom is 0.338 e. The lowest BCUT2D eigenvalue weighted by Crippen LogP contribution is -2.50. The minimum Gasteiger partial charge on any atom is -0.479 e. The molecular formula is C19H25NO3. The van der Waals surface area contributed by atoms with Crippen LogP contribution in [0, 0.1) is 29.6 Å². The van der Waals surface area contributed by atoms with Gasteiger partial charge in [-0.2, -0.15) is 0 Å². The predicted molar refractivity (Wildman–Crippen MR) is 85.4 cm³/mol. The Hall–Kier alpha value is -1.13. The standard InChI is InChI=1S/C19H25NO3/c21-18(22)19-12(10-20-23-19)9-16-15-6-5-11-3-1-2-4-13(11)14(15)7-8-17(16)19/h5-6,12-14,16-17,20H,1-4,7-10H2,(H,21,22). The second kappa shape index (κ2) is 4.93. The fourth-order valence-corrected chi connectivity index (χ4v) is 6.48. The molecule has 4 aliphatic carbocycles. The number of carboxylic acids is 1. The summed E-state index contributed by atoms with van der Waals surface area (Å²) in [6, 6.07) is 0. The third-order valence-electron chi connectivity index (χ3n) is 7.41. The average molecular weight is 315 g/mol. The van der Waals surface area contributed by atoms with Crippen LogP contribution in [0.5, 0.6) is 0 Å². The molecular weight excluding hydrogens is 290 g/mol. The second-order valence-electron chi connectivity index (χ2n) is 8.14. The molecule has 1 aliphatic heterocycles. The van der Waals surface area contributed by atoms with Crippen molar-refractivity contribution in [3.63, 3.8) is 0 Å². The van der Waals surface area contributed by atoms with Gasteiger partial charge in [-0.25, -0.2) is 10.3 Å². The van der Waals surface area contributed by atoms with Crippen LogP contribution in [0.2, 0.25) is 0 Å². The van der Waals surface area contributed by atoms with E-state index < -0.39 is 11.6 Å². The van der Waals surface area contributed by atoms with E-state index in [0.29, 0.717) is 18.4 Å². The number of carbonyl (C=O) groups is 1. The van der Waals surface area contributed by atoms with Gasteiger partial charge in [0.2, 0.25) is 0 Å². The minimum absolute atomic E-state index is 0.117. The van der Waals surface area contributed by atoms with Crippen LogP contribution in [0.25, 0.3) is 0 Å². The summed E-state index contributed by atoms with van der Waals surface area (Å²) >= 11 is 0. The lowest BCUT2D eigenvalue weighted by Gasteiger charge is -2.45. The van der Waals surface area contributed by atoms with E-state index in [0.717, 1.165) is 25.2 Å². The number of hydrogen-bond donors (Lipinski definition) is 2. The van der Waals surface area contributed by atoms with Crippen LogP contribution in [-0.2, 0) is 9.63 Å². The molecule has 1 saturated heterocycles. The van der Waals surface area contributed by atoms with Crippen molar-refractivity contribution < 1.29 is 14.7 Å². The Kier molecular flexibility index (Phi) is 3.05. The lowest BCUT2D eigenvalue weighted by atomic mass is 9.60. The molecule has 0 aromatic rings. The molecule has 23 heavy (non-hydrogen) atoms. The summed E-state index contributed by atoms with van der Waals surface area (Å²) in [6.45, 7) is 0.682. The summed E-state index contributed by atoms with van der Waals surface area (Å²) in [6.07, 6.45) is 13.2. The molecule has 6 atom stereocenters. The van der Waals surface area contributed by atoms with Crippen LogP contribution in [0.3, 0.4) is 0 Å². The van der Waals surface area contributed by atoms with E-state index in [1.165, 1.54) is 25.7 Å². The monoisotopic (exact) mass is 315 g/mol. The quantitative estimate of drug-likeness (QED) is 0.781. The number of aliphatic carboxylic acids is 1. The van der Waals surface area contributed by atoms with Gasteiger partial charge in [0, 0.05) is 18.4 Å². The largest absolute Gasteiger partial charge is 0.479 e. The minimum atomic E-state index is -0.979. The number of fused-ring (bicyclic) bond motifs is 7. The molecule has 3 saturated carbocycles. The van der Waals surface area contributed by atoms with Crippen molar-refractivity contribution in [1.82, 2.24) is 5.48 Å². The first-order valence-corrected chi connectivity index (χ1v) is 9.26. The van der Waals surface area contributed by atoms with E-state index >= 15 is 0 Å².